The standard InChI is InChI=1S/C9H15N3O/c1-6(7(2)10)8-4-11-9(13-3)12-5-8/h4-7H,10H2,1-3H3. The van der Waals surface area contributed by atoms with Gasteiger partial charge in [0.15, 0.2) is 0 Å². The van der Waals surface area contributed by atoms with Gasteiger partial charge in [0.2, 0.25) is 0 Å². The second-order valence-corrected chi connectivity index (χ2v) is 3.15. The highest BCUT2D eigenvalue weighted by Crippen LogP contribution is 2.16. The average Bonchev–Trinajstić information content (AvgIpc) is 2.17. The molecule has 0 amide bonds. The molecular weight excluding hydrogens is 166 g/mol. The van der Waals surface area contributed by atoms with Crippen molar-refractivity contribution >= 4 is 0 Å². The van der Waals surface area contributed by atoms with Gasteiger partial charge < -0.3 is 10.5 Å². The molecule has 0 aliphatic heterocycles. The zero-order valence-electron chi connectivity index (χ0n) is 8.19. The normalized spacial score (nSPS) is 15.1. The van der Waals surface area contributed by atoms with E-state index in [1.807, 2.05) is 6.92 Å². The van der Waals surface area contributed by atoms with Crippen molar-refractivity contribution in [3.8, 4) is 6.01 Å². The summed E-state index contributed by atoms with van der Waals surface area (Å²) in [6.45, 7) is 4.02. The third kappa shape index (κ3) is 2.39. The molecule has 2 atom stereocenters. The second-order valence-electron chi connectivity index (χ2n) is 3.15. The van der Waals surface area contributed by atoms with Crippen LogP contribution in [0.3, 0.4) is 0 Å². The first-order valence-corrected chi connectivity index (χ1v) is 4.26. The number of nitrogens with zero attached hydrogens (tertiary/aromatic N) is 2. The van der Waals surface area contributed by atoms with Crippen LogP contribution in [0.15, 0.2) is 12.4 Å². The molecule has 0 fully saturated rings. The number of rotatable bonds is 3. The van der Waals surface area contributed by atoms with Gasteiger partial charge in [0.1, 0.15) is 0 Å². The number of nitrogens with two attached hydrogens (primary N) is 1. The van der Waals surface area contributed by atoms with Crippen molar-refractivity contribution in [2.75, 3.05) is 7.11 Å². The van der Waals surface area contributed by atoms with Crippen molar-refractivity contribution < 1.29 is 4.74 Å². The van der Waals surface area contributed by atoms with E-state index in [1.54, 1.807) is 19.5 Å². The van der Waals surface area contributed by atoms with E-state index in [9.17, 15) is 0 Å². The first-order chi connectivity index (χ1) is 6.15. The van der Waals surface area contributed by atoms with E-state index in [0.29, 0.717) is 6.01 Å². The molecule has 0 aliphatic carbocycles. The molecule has 4 heteroatoms. The molecule has 0 bridgehead atoms. The van der Waals surface area contributed by atoms with Crippen LogP contribution in [0.2, 0.25) is 0 Å². The SMILES string of the molecule is COc1ncc(C(C)C(C)N)cn1. The molecule has 2 unspecified atom stereocenters. The zero-order chi connectivity index (χ0) is 9.84. The highest BCUT2D eigenvalue weighted by Gasteiger charge is 2.10. The van der Waals surface area contributed by atoms with Gasteiger partial charge in [-0.3, -0.25) is 0 Å². The Kier molecular flexibility index (Phi) is 3.19. The van der Waals surface area contributed by atoms with Gasteiger partial charge in [-0.05, 0) is 18.4 Å². The van der Waals surface area contributed by atoms with Crippen LogP contribution in [0.1, 0.15) is 25.3 Å². The molecule has 0 aromatic carbocycles. The topological polar surface area (TPSA) is 61.0 Å². The monoisotopic (exact) mass is 181 g/mol. The Morgan fingerprint density at radius 2 is 1.85 bits per heavy atom. The van der Waals surface area contributed by atoms with E-state index in [2.05, 4.69) is 16.9 Å². The van der Waals surface area contributed by atoms with E-state index < -0.39 is 0 Å². The molecule has 2 N–H and O–H groups in total. The summed E-state index contributed by atoms with van der Waals surface area (Å²) in [5.74, 6) is 0.269. The summed E-state index contributed by atoms with van der Waals surface area (Å²) in [6, 6.07) is 0.498. The molecule has 0 saturated heterocycles. The molecule has 1 heterocycles. The maximum atomic E-state index is 5.75. The lowest BCUT2D eigenvalue weighted by molar-refractivity contribution is 0.378. The van der Waals surface area contributed by atoms with Gasteiger partial charge in [0, 0.05) is 18.4 Å². The summed E-state index contributed by atoms with van der Waals surface area (Å²) < 4.78 is 4.86. The van der Waals surface area contributed by atoms with Crippen molar-refractivity contribution in [3.05, 3.63) is 18.0 Å². The minimum Gasteiger partial charge on any atom is -0.467 e. The van der Waals surface area contributed by atoms with Crippen LogP contribution in [-0.4, -0.2) is 23.1 Å². The molecule has 1 aromatic heterocycles. The Bertz CT molecular complexity index is 258. The molecule has 4 nitrogen and oxygen atoms in total. The molecule has 72 valence electrons. The predicted molar refractivity (Wildman–Crippen MR) is 50.6 cm³/mol. The van der Waals surface area contributed by atoms with Crippen molar-refractivity contribution in [2.24, 2.45) is 5.73 Å². The molecule has 0 spiro atoms. The molecule has 0 aliphatic rings. The fourth-order valence-electron chi connectivity index (χ4n) is 0.970. The fraction of sp³-hybridized carbons (Fsp3) is 0.556. The number of hydrogen-bond donors (Lipinski definition) is 1. The Morgan fingerprint density at radius 3 is 2.23 bits per heavy atom. The lowest BCUT2D eigenvalue weighted by Gasteiger charge is -2.14. The average molecular weight is 181 g/mol. The number of hydrogen-bond acceptors (Lipinski definition) is 4. The van der Waals surface area contributed by atoms with Crippen molar-refractivity contribution in [3.63, 3.8) is 0 Å². The quantitative estimate of drug-likeness (QED) is 0.753. The van der Waals surface area contributed by atoms with Crippen LogP contribution in [-0.2, 0) is 0 Å². The van der Waals surface area contributed by atoms with Crippen LogP contribution >= 0.6 is 0 Å². The maximum Gasteiger partial charge on any atom is 0.316 e. The minimum absolute atomic E-state index is 0.108. The Hall–Kier alpha value is -1.16. The number of ether oxygens (including phenoxy) is 1. The minimum atomic E-state index is 0.108. The summed E-state index contributed by atoms with van der Waals surface area (Å²) in [5.41, 5.74) is 6.79. The van der Waals surface area contributed by atoms with E-state index in [1.165, 1.54) is 0 Å². The van der Waals surface area contributed by atoms with Crippen LogP contribution in [0, 0.1) is 0 Å². The summed E-state index contributed by atoms with van der Waals surface area (Å²) in [5, 5.41) is 0. The van der Waals surface area contributed by atoms with Crippen molar-refractivity contribution in [2.45, 2.75) is 25.8 Å². The number of methoxy groups -OCH3 is 1. The van der Waals surface area contributed by atoms with Crippen LogP contribution < -0.4 is 10.5 Å². The number of aromatic nitrogens is 2. The summed E-state index contributed by atoms with van der Waals surface area (Å²) in [4.78, 5) is 8.02. The molecule has 0 saturated carbocycles. The highest BCUT2D eigenvalue weighted by atomic mass is 16.5. The Balaban J connectivity index is 2.79. The van der Waals surface area contributed by atoms with Gasteiger partial charge in [0.05, 0.1) is 7.11 Å². The molecule has 1 rings (SSSR count). The summed E-state index contributed by atoms with van der Waals surface area (Å²) in [7, 11) is 1.55. The molecule has 0 radical (unpaired) electrons. The van der Waals surface area contributed by atoms with E-state index in [0.717, 1.165) is 5.56 Å². The highest BCUT2D eigenvalue weighted by molar-refractivity contribution is 5.13. The molecule has 1 aromatic rings. The smallest absolute Gasteiger partial charge is 0.316 e. The van der Waals surface area contributed by atoms with Gasteiger partial charge in [-0.25, -0.2) is 9.97 Å². The third-order valence-electron chi connectivity index (χ3n) is 2.15. The summed E-state index contributed by atoms with van der Waals surface area (Å²) >= 11 is 0. The molecular formula is C9H15N3O. The first kappa shape index (κ1) is 9.92. The Labute approximate surface area is 78.1 Å². The lowest BCUT2D eigenvalue weighted by atomic mass is 9.98. The predicted octanol–water partition coefficient (Wildman–Crippen LogP) is 0.936. The van der Waals surface area contributed by atoms with Crippen molar-refractivity contribution in [1.29, 1.82) is 0 Å². The van der Waals surface area contributed by atoms with Crippen LogP contribution in [0.4, 0.5) is 0 Å². The third-order valence-corrected chi connectivity index (χ3v) is 2.15. The fourth-order valence-corrected chi connectivity index (χ4v) is 0.970. The van der Waals surface area contributed by atoms with E-state index >= 15 is 0 Å². The second kappa shape index (κ2) is 4.18. The van der Waals surface area contributed by atoms with Gasteiger partial charge in [-0.15, -0.1) is 0 Å². The largest absolute Gasteiger partial charge is 0.467 e. The van der Waals surface area contributed by atoms with Crippen molar-refractivity contribution in [1.82, 2.24) is 9.97 Å². The maximum absolute atomic E-state index is 5.75. The van der Waals surface area contributed by atoms with E-state index in [4.69, 9.17) is 10.5 Å². The lowest BCUT2D eigenvalue weighted by Crippen LogP contribution is -2.22. The van der Waals surface area contributed by atoms with Gasteiger partial charge in [-0.1, -0.05) is 6.92 Å². The van der Waals surface area contributed by atoms with Crippen LogP contribution in [0.25, 0.3) is 0 Å². The zero-order valence-corrected chi connectivity index (χ0v) is 8.19. The first-order valence-electron chi connectivity index (χ1n) is 4.26. The van der Waals surface area contributed by atoms with Gasteiger partial charge in [-0.2, -0.15) is 0 Å². The van der Waals surface area contributed by atoms with Crippen LogP contribution in [0.5, 0.6) is 6.01 Å². The van der Waals surface area contributed by atoms with Gasteiger partial charge in [0.25, 0.3) is 0 Å². The molecule has 13 heavy (non-hydrogen) atoms. The van der Waals surface area contributed by atoms with Gasteiger partial charge >= 0.3 is 6.01 Å². The summed E-state index contributed by atoms with van der Waals surface area (Å²) in [6.07, 6.45) is 3.50. The van der Waals surface area contributed by atoms with E-state index in [-0.39, 0.29) is 12.0 Å². The Morgan fingerprint density at radius 1 is 1.31 bits per heavy atom.